The van der Waals surface area contributed by atoms with Crippen molar-refractivity contribution < 1.29 is 51.8 Å². The van der Waals surface area contributed by atoms with Gasteiger partial charge in [-0.15, -0.1) is 0 Å². The fourth-order valence-corrected chi connectivity index (χ4v) is 8.00. The summed E-state index contributed by atoms with van der Waals surface area (Å²) in [5, 5.41) is 27.2. The van der Waals surface area contributed by atoms with Crippen molar-refractivity contribution in [2.75, 3.05) is 30.8 Å². The second kappa shape index (κ2) is 19.8. The van der Waals surface area contributed by atoms with E-state index in [1.807, 2.05) is 29.1 Å². The number of fused-ring (bicyclic) bond motifs is 2. The number of H-pyrrole nitrogens is 1. The van der Waals surface area contributed by atoms with Crippen LogP contribution in [-0.2, 0) is 32.0 Å². The molecule has 1 fully saturated rings. The van der Waals surface area contributed by atoms with Crippen molar-refractivity contribution in [3.63, 3.8) is 0 Å². The zero-order chi connectivity index (χ0) is 46.3. The minimum atomic E-state index is -5.08. The molecular weight excluding hydrogens is 840 g/mol. The number of carboxylic acid groups (broad SMARTS) is 1. The highest BCUT2D eigenvalue weighted by molar-refractivity contribution is 6.24. The van der Waals surface area contributed by atoms with Crippen molar-refractivity contribution in [2.45, 2.75) is 96.3 Å². The molecule has 0 saturated carbocycles. The number of carbonyl (C=O) groups excluding carboxylic acids is 6. The topological polar surface area (TPSA) is 229 Å². The molecule has 1 aliphatic carbocycles. The molecule has 4 heterocycles. The van der Waals surface area contributed by atoms with Crippen molar-refractivity contribution in [2.24, 2.45) is 5.41 Å². The van der Waals surface area contributed by atoms with Gasteiger partial charge in [-0.2, -0.15) is 23.4 Å². The summed E-state index contributed by atoms with van der Waals surface area (Å²) in [5.41, 5.74) is 5.08. The predicted molar refractivity (Wildman–Crippen MR) is 225 cm³/mol. The number of nitrogens with one attached hydrogen (secondary N) is 4. The zero-order valence-electron chi connectivity index (χ0n) is 35.6. The number of unbranched alkanes of at least 4 members (excludes halogenated alkanes) is 2. The van der Waals surface area contributed by atoms with Crippen LogP contribution in [0, 0.1) is 5.41 Å². The van der Waals surface area contributed by atoms with Gasteiger partial charge in [0.15, 0.2) is 5.69 Å². The lowest BCUT2D eigenvalue weighted by atomic mass is 9.76. The van der Waals surface area contributed by atoms with Crippen molar-refractivity contribution in [1.82, 2.24) is 35.1 Å². The van der Waals surface area contributed by atoms with E-state index >= 15 is 0 Å². The third-order valence-electron chi connectivity index (χ3n) is 11.4. The Morgan fingerprint density at radius 2 is 1.67 bits per heavy atom. The Labute approximate surface area is 366 Å². The number of halogens is 3. The lowest BCUT2D eigenvalue weighted by Gasteiger charge is -2.28. The number of rotatable bonds is 15. The number of amides is 6. The third-order valence-corrected chi connectivity index (χ3v) is 11.4. The number of aromatic nitrogens is 4. The molecule has 20 heteroatoms. The molecule has 0 bridgehead atoms. The van der Waals surface area contributed by atoms with E-state index in [-0.39, 0.29) is 47.2 Å². The molecule has 6 amide bonds. The maximum absolute atomic E-state index is 13.3. The van der Waals surface area contributed by atoms with Gasteiger partial charge in [0, 0.05) is 42.5 Å². The minimum absolute atomic E-state index is 0.0423. The maximum atomic E-state index is 13.3. The predicted octanol–water partition coefficient (Wildman–Crippen LogP) is 5.52. The molecule has 0 spiro atoms. The second-order valence-electron chi connectivity index (χ2n) is 16.9. The first kappa shape index (κ1) is 46.8. The summed E-state index contributed by atoms with van der Waals surface area (Å²) in [6, 6.07) is 13.6. The van der Waals surface area contributed by atoms with Crippen LogP contribution < -0.4 is 16.0 Å². The monoisotopic (exact) mass is 889 g/mol. The van der Waals surface area contributed by atoms with E-state index in [9.17, 15) is 41.9 Å². The van der Waals surface area contributed by atoms with Crippen LogP contribution >= 0.6 is 0 Å². The molecule has 4 aromatic rings. The van der Waals surface area contributed by atoms with Gasteiger partial charge in [0.2, 0.25) is 17.7 Å². The number of benzene rings is 2. The highest BCUT2D eigenvalue weighted by Crippen LogP contribution is 2.35. The number of carboxylic acids is 1. The molecular formula is C44H50F3N9O8. The largest absolute Gasteiger partial charge is 0.490 e. The van der Waals surface area contributed by atoms with Crippen LogP contribution in [0.25, 0.3) is 0 Å². The van der Waals surface area contributed by atoms with Gasteiger partial charge in [0.05, 0.1) is 29.1 Å². The number of anilines is 2. The number of piperidine rings is 1. The molecule has 2 aromatic heterocycles. The van der Waals surface area contributed by atoms with Crippen LogP contribution in [0.3, 0.4) is 0 Å². The fourth-order valence-electron chi connectivity index (χ4n) is 8.00. The van der Waals surface area contributed by atoms with Gasteiger partial charge >= 0.3 is 12.1 Å². The van der Waals surface area contributed by atoms with E-state index in [2.05, 4.69) is 69.2 Å². The average molecular weight is 890 g/mol. The standard InChI is InChI=1S/C42H49N9O6.C2HF3O2/c1-42(2)19-17-30-32(23-42)47-48-37(30)39(55)45-28-24-43-50(25-28)33(26-10-6-4-7-11-26)18-21-49(3)20-9-5-8-12-35(52)44-27-13-14-29-31(22-27)41(57)51(40(29)56)34-15-16-36(53)46-38(34)54;3-2(4,5)1(6)7/h4,6-7,10-11,13-14,22,24-25,33-34H,5,8-9,12,15-21,23H2,1-3H3,(H,44,52)(H,45,55)(H,47,48)(H,46,53,54);(H,6,7)/t33-,34?;/m0./s1. The minimum Gasteiger partial charge on any atom is -0.475 e. The Bertz CT molecular complexity index is 2410. The Morgan fingerprint density at radius 3 is 2.38 bits per heavy atom. The number of aliphatic carboxylic acids is 1. The molecule has 17 nitrogen and oxygen atoms in total. The highest BCUT2D eigenvalue weighted by atomic mass is 19.4. The van der Waals surface area contributed by atoms with Gasteiger partial charge in [-0.25, -0.2) is 4.79 Å². The summed E-state index contributed by atoms with van der Waals surface area (Å²) in [4.78, 5) is 88.1. The molecule has 7 rings (SSSR count). The smallest absolute Gasteiger partial charge is 0.475 e. The average Bonchev–Trinajstić information content (AvgIpc) is 3.93. The molecule has 340 valence electrons. The number of nitrogens with zero attached hydrogens (tertiary/aromatic N) is 5. The van der Waals surface area contributed by atoms with E-state index < -0.39 is 41.8 Å². The number of hydrogen-bond donors (Lipinski definition) is 5. The molecule has 1 saturated heterocycles. The number of imide groups is 2. The van der Waals surface area contributed by atoms with Crippen molar-refractivity contribution in [3.8, 4) is 0 Å². The summed E-state index contributed by atoms with van der Waals surface area (Å²) < 4.78 is 33.6. The van der Waals surface area contributed by atoms with Crippen LogP contribution in [-0.4, -0.2) is 109 Å². The Morgan fingerprint density at radius 1 is 0.953 bits per heavy atom. The summed E-state index contributed by atoms with van der Waals surface area (Å²) in [7, 11) is 2.08. The van der Waals surface area contributed by atoms with Gasteiger partial charge in [-0.3, -0.25) is 48.8 Å². The molecule has 3 aliphatic rings. The van der Waals surface area contributed by atoms with Gasteiger partial charge in [0.25, 0.3) is 17.7 Å². The number of carbonyl (C=O) groups is 7. The first-order chi connectivity index (χ1) is 30.3. The maximum Gasteiger partial charge on any atom is 0.490 e. The van der Waals surface area contributed by atoms with Crippen LogP contribution in [0.5, 0.6) is 0 Å². The van der Waals surface area contributed by atoms with Gasteiger partial charge < -0.3 is 20.6 Å². The van der Waals surface area contributed by atoms with E-state index in [1.165, 1.54) is 12.1 Å². The molecule has 2 aliphatic heterocycles. The van der Waals surface area contributed by atoms with Crippen LogP contribution in [0.15, 0.2) is 60.9 Å². The van der Waals surface area contributed by atoms with Crippen LogP contribution in [0.4, 0.5) is 24.5 Å². The highest BCUT2D eigenvalue weighted by Gasteiger charge is 2.45. The first-order valence-corrected chi connectivity index (χ1v) is 20.9. The van der Waals surface area contributed by atoms with Gasteiger partial charge in [-0.1, -0.05) is 50.6 Å². The molecule has 2 aromatic carbocycles. The Balaban J connectivity index is 0.000000898. The number of hydrogen-bond acceptors (Lipinski definition) is 10. The van der Waals surface area contributed by atoms with Crippen LogP contribution in [0.1, 0.15) is 119 Å². The molecule has 5 N–H and O–H groups in total. The van der Waals surface area contributed by atoms with Crippen LogP contribution in [0.2, 0.25) is 0 Å². The zero-order valence-corrected chi connectivity index (χ0v) is 35.6. The molecule has 2 atom stereocenters. The third kappa shape index (κ3) is 11.5. The van der Waals surface area contributed by atoms with Gasteiger partial charge in [-0.05, 0) is 87.7 Å². The van der Waals surface area contributed by atoms with Crippen molar-refractivity contribution >= 4 is 52.8 Å². The quantitative estimate of drug-likeness (QED) is 0.0738. The SMILES string of the molecule is CN(CCCCCC(=O)Nc1ccc2c(c1)C(=O)N(C1CCC(=O)NC1=O)C2=O)CC[C@@H](c1ccccc1)n1cc(NC(=O)c2n[nH]c3c2CCC(C)(C)C3)cn1.O=C(O)C(F)(F)F. The van der Waals surface area contributed by atoms with Gasteiger partial charge in [0.1, 0.15) is 6.04 Å². The number of aromatic amines is 1. The number of alkyl halides is 3. The van der Waals surface area contributed by atoms with Crippen molar-refractivity contribution in [3.05, 3.63) is 94.6 Å². The molecule has 1 unspecified atom stereocenters. The Hall–Kier alpha value is -6.70. The fraction of sp³-hybridized carbons (Fsp3) is 0.432. The lowest BCUT2D eigenvalue weighted by molar-refractivity contribution is -0.192. The Kier molecular flexibility index (Phi) is 14.5. The van der Waals surface area contributed by atoms with E-state index in [0.717, 1.165) is 73.3 Å². The summed E-state index contributed by atoms with van der Waals surface area (Å²) >= 11 is 0. The summed E-state index contributed by atoms with van der Waals surface area (Å²) in [6.07, 6.45) is 4.80. The molecule has 0 radical (unpaired) electrons. The lowest BCUT2D eigenvalue weighted by Crippen LogP contribution is -2.54. The van der Waals surface area contributed by atoms with Crippen molar-refractivity contribution in [1.29, 1.82) is 0 Å². The normalized spacial score (nSPS) is 17.2. The summed E-state index contributed by atoms with van der Waals surface area (Å²) in [5.74, 6) is -5.51. The van der Waals surface area contributed by atoms with E-state index in [4.69, 9.17) is 9.90 Å². The first-order valence-electron chi connectivity index (χ1n) is 20.9. The summed E-state index contributed by atoms with van der Waals surface area (Å²) in [6.45, 7) is 6.12. The second-order valence-corrected chi connectivity index (χ2v) is 16.9. The molecule has 64 heavy (non-hydrogen) atoms. The van der Waals surface area contributed by atoms with E-state index in [1.54, 1.807) is 12.3 Å². The van der Waals surface area contributed by atoms with E-state index in [0.29, 0.717) is 29.9 Å².